The standard InChI is InChI=1S/C17H27NO4/c1-3-18-15(20)11(2)22-14(19)9-16-5-12-4-13(6-16)8-17(21,7-12)10-16/h11-13,21H,3-10H2,1-2H3,(H,18,20)/t11-,12-,13+,16?,17?/m0/s1. The molecule has 0 aromatic carbocycles. The topological polar surface area (TPSA) is 75.6 Å². The summed E-state index contributed by atoms with van der Waals surface area (Å²) in [5.74, 6) is 0.559. The van der Waals surface area contributed by atoms with Crippen LogP contribution in [-0.2, 0) is 14.3 Å². The van der Waals surface area contributed by atoms with Gasteiger partial charge in [-0.3, -0.25) is 9.59 Å². The Labute approximate surface area is 131 Å². The fourth-order valence-corrected chi connectivity index (χ4v) is 5.53. The summed E-state index contributed by atoms with van der Waals surface area (Å²) >= 11 is 0. The molecule has 0 aromatic rings. The zero-order chi connectivity index (χ0) is 16.0. The predicted molar refractivity (Wildman–Crippen MR) is 80.9 cm³/mol. The molecular weight excluding hydrogens is 282 g/mol. The average Bonchev–Trinajstić information content (AvgIpc) is 2.34. The molecule has 4 bridgehead atoms. The van der Waals surface area contributed by atoms with Gasteiger partial charge in [-0.1, -0.05) is 0 Å². The maximum absolute atomic E-state index is 12.3. The van der Waals surface area contributed by atoms with Gasteiger partial charge in [0.15, 0.2) is 6.10 Å². The molecule has 2 unspecified atom stereocenters. The van der Waals surface area contributed by atoms with E-state index in [1.807, 2.05) is 6.92 Å². The van der Waals surface area contributed by atoms with Crippen LogP contribution in [0, 0.1) is 17.3 Å². The lowest BCUT2D eigenvalue weighted by Crippen LogP contribution is -2.56. The van der Waals surface area contributed by atoms with Crippen LogP contribution in [0.1, 0.15) is 58.8 Å². The number of aliphatic hydroxyl groups is 1. The lowest BCUT2D eigenvalue weighted by atomic mass is 9.47. The van der Waals surface area contributed by atoms with Gasteiger partial charge in [0.2, 0.25) is 0 Å². The second-order valence-electron chi connectivity index (χ2n) is 7.89. The smallest absolute Gasteiger partial charge is 0.307 e. The van der Waals surface area contributed by atoms with Crippen molar-refractivity contribution in [2.75, 3.05) is 6.54 Å². The SMILES string of the molecule is CCNC(=O)[C@H](C)OC(=O)CC12C[C@@H]3C[C@@H](CC(O)(C3)C1)C2. The fourth-order valence-electron chi connectivity index (χ4n) is 5.53. The molecule has 0 saturated heterocycles. The summed E-state index contributed by atoms with van der Waals surface area (Å²) in [4.78, 5) is 23.9. The predicted octanol–water partition coefficient (Wildman–Crippen LogP) is 1.78. The van der Waals surface area contributed by atoms with E-state index in [2.05, 4.69) is 5.32 Å². The average molecular weight is 309 g/mol. The number of nitrogens with one attached hydrogen (secondary N) is 1. The number of hydrogen-bond donors (Lipinski definition) is 2. The summed E-state index contributed by atoms with van der Waals surface area (Å²) in [6.45, 7) is 3.97. The van der Waals surface area contributed by atoms with E-state index in [-0.39, 0.29) is 17.3 Å². The van der Waals surface area contributed by atoms with Gasteiger partial charge < -0.3 is 15.2 Å². The van der Waals surface area contributed by atoms with Crippen molar-refractivity contribution in [3.63, 3.8) is 0 Å². The van der Waals surface area contributed by atoms with Gasteiger partial charge in [0.05, 0.1) is 12.0 Å². The molecule has 5 atom stereocenters. The van der Waals surface area contributed by atoms with Crippen molar-refractivity contribution in [2.45, 2.75) is 70.5 Å². The van der Waals surface area contributed by atoms with E-state index in [9.17, 15) is 14.7 Å². The maximum Gasteiger partial charge on any atom is 0.307 e. The Kier molecular flexibility index (Phi) is 3.96. The second-order valence-corrected chi connectivity index (χ2v) is 7.89. The molecule has 5 heteroatoms. The third-order valence-corrected chi connectivity index (χ3v) is 5.70. The summed E-state index contributed by atoms with van der Waals surface area (Å²) in [7, 11) is 0. The first kappa shape index (κ1) is 15.8. The van der Waals surface area contributed by atoms with Gasteiger partial charge >= 0.3 is 5.97 Å². The number of likely N-dealkylation sites (N-methyl/N-ethyl adjacent to an activating group) is 1. The molecule has 4 saturated carbocycles. The molecule has 4 aliphatic carbocycles. The van der Waals surface area contributed by atoms with Crippen LogP contribution in [0.4, 0.5) is 0 Å². The maximum atomic E-state index is 12.3. The van der Waals surface area contributed by atoms with Crippen molar-refractivity contribution in [2.24, 2.45) is 17.3 Å². The Balaban J connectivity index is 1.61. The first-order valence-corrected chi connectivity index (χ1v) is 8.53. The molecular formula is C17H27NO4. The minimum atomic E-state index is -0.746. The van der Waals surface area contributed by atoms with E-state index in [4.69, 9.17) is 4.74 Å². The normalized spacial score (nSPS) is 40.3. The molecule has 0 aromatic heterocycles. The summed E-state index contributed by atoms with van der Waals surface area (Å²) in [6, 6.07) is 0. The molecule has 0 heterocycles. The van der Waals surface area contributed by atoms with Crippen molar-refractivity contribution in [1.29, 1.82) is 0 Å². The number of hydrogen-bond acceptors (Lipinski definition) is 4. The highest BCUT2D eigenvalue weighted by Crippen LogP contribution is 2.62. The molecule has 4 rings (SSSR count). The van der Waals surface area contributed by atoms with Crippen molar-refractivity contribution >= 4 is 11.9 Å². The molecule has 0 aliphatic heterocycles. The molecule has 0 spiro atoms. The van der Waals surface area contributed by atoms with Crippen LogP contribution in [0.2, 0.25) is 0 Å². The van der Waals surface area contributed by atoms with Crippen molar-refractivity contribution in [1.82, 2.24) is 5.32 Å². The van der Waals surface area contributed by atoms with Crippen LogP contribution in [0.3, 0.4) is 0 Å². The van der Waals surface area contributed by atoms with Gasteiger partial charge in [-0.15, -0.1) is 0 Å². The van der Waals surface area contributed by atoms with Crippen LogP contribution in [0.25, 0.3) is 0 Å². The third kappa shape index (κ3) is 3.00. The quantitative estimate of drug-likeness (QED) is 0.759. The Morgan fingerprint density at radius 2 is 1.91 bits per heavy atom. The van der Waals surface area contributed by atoms with E-state index < -0.39 is 11.7 Å². The second kappa shape index (κ2) is 5.52. The van der Waals surface area contributed by atoms with Crippen LogP contribution < -0.4 is 5.32 Å². The van der Waals surface area contributed by atoms with Crippen molar-refractivity contribution in [3.05, 3.63) is 0 Å². The first-order chi connectivity index (χ1) is 10.3. The Bertz CT molecular complexity index is 461. The Morgan fingerprint density at radius 3 is 2.45 bits per heavy atom. The van der Waals surface area contributed by atoms with Gasteiger partial charge in [0, 0.05) is 6.54 Å². The first-order valence-electron chi connectivity index (χ1n) is 8.53. The van der Waals surface area contributed by atoms with E-state index in [1.54, 1.807) is 6.92 Å². The van der Waals surface area contributed by atoms with Crippen LogP contribution in [0.15, 0.2) is 0 Å². The molecule has 22 heavy (non-hydrogen) atoms. The summed E-state index contributed by atoms with van der Waals surface area (Å²) in [5, 5.41) is 13.4. The van der Waals surface area contributed by atoms with Crippen LogP contribution >= 0.6 is 0 Å². The molecule has 2 N–H and O–H groups in total. The zero-order valence-electron chi connectivity index (χ0n) is 13.6. The largest absolute Gasteiger partial charge is 0.453 e. The monoisotopic (exact) mass is 309 g/mol. The molecule has 5 nitrogen and oxygen atoms in total. The number of ether oxygens (including phenoxy) is 1. The molecule has 124 valence electrons. The summed E-state index contributed by atoms with van der Waals surface area (Å²) < 4.78 is 5.30. The highest BCUT2D eigenvalue weighted by atomic mass is 16.5. The number of carbonyl (C=O) groups excluding carboxylic acids is 2. The van der Waals surface area contributed by atoms with Crippen molar-refractivity contribution < 1.29 is 19.4 Å². The van der Waals surface area contributed by atoms with Crippen molar-refractivity contribution in [3.8, 4) is 0 Å². The molecule has 0 radical (unpaired) electrons. The van der Waals surface area contributed by atoms with Gasteiger partial charge in [0.1, 0.15) is 0 Å². The van der Waals surface area contributed by atoms with Gasteiger partial charge in [0.25, 0.3) is 5.91 Å². The fraction of sp³-hybridized carbons (Fsp3) is 0.882. The minimum absolute atomic E-state index is 0.100. The minimum Gasteiger partial charge on any atom is -0.453 e. The highest BCUT2D eigenvalue weighted by Gasteiger charge is 2.57. The van der Waals surface area contributed by atoms with Gasteiger partial charge in [-0.05, 0) is 69.6 Å². The molecule has 4 aliphatic rings. The molecule has 1 amide bonds. The van der Waals surface area contributed by atoms with E-state index >= 15 is 0 Å². The number of amides is 1. The highest BCUT2D eigenvalue weighted by molar-refractivity contribution is 5.83. The zero-order valence-corrected chi connectivity index (χ0v) is 13.6. The van der Waals surface area contributed by atoms with Gasteiger partial charge in [-0.25, -0.2) is 0 Å². The Morgan fingerprint density at radius 1 is 1.27 bits per heavy atom. The lowest BCUT2D eigenvalue weighted by molar-refractivity contribution is -0.180. The molecule has 4 fully saturated rings. The Hall–Kier alpha value is -1.10. The summed E-state index contributed by atoms with van der Waals surface area (Å²) in [5.41, 5.74) is -0.660. The third-order valence-electron chi connectivity index (χ3n) is 5.70. The van der Waals surface area contributed by atoms with E-state index in [1.165, 1.54) is 6.42 Å². The van der Waals surface area contributed by atoms with E-state index in [0.29, 0.717) is 24.8 Å². The van der Waals surface area contributed by atoms with E-state index in [0.717, 1.165) is 32.1 Å². The lowest BCUT2D eigenvalue weighted by Gasteiger charge is -2.60. The van der Waals surface area contributed by atoms with Crippen LogP contribution in [0.5, 0.6) is 0 Å². The number of rotatable bonds is 5. The summed E-state index contributed by atoms with van der Waals surface area (Å²) in [6.07, 6.45) is 5.36. The number of esters is 1. The van der Waals surface area contributed by atoms with Gasteiger partial charge in [-0.2, -0.15) is 0 Å². The van der Waals surface area contributed by atoms with Crippen LogP contribution in [-0.4, -0.2) is 35.2 Å². The number of carbonyl (C=O) groups is 2.